The van der Waals surface area contributed by atoms with Gasteiger partial charge in [-0.25, -0.2) is 9.37 Å². The van der Waals surface area contributed by atoms with Crippen LogP contribution >= 0.6 is 15.9 Å². The highest BCUT2D eigenvalue weighted by atomic mass is 79.9. The molecule has 2 aromatic rings. The highest BCUT2D eigenvalue weighted by Crippen LogP contribution is 2.25. The number of anilines is 1. The van der Waals surface area contributed by atoms with Crippen LogP contribution in [0, 0.1) is 5.82 Å². The number of rotatable bonds is 1. The van der Waals surface area contributed by atoms with Crippen LogP contribution in [0.1, 0.15) is 0 Å². The van der Waals surface area contributed by atoms with E-state index < -0.39 is 0 Å². The number of nitrogens with zero attached hydrogens (tertiary/aromatic N) is 1. The third-order valence-electron chi connectivity index (χ3n) is 2.03. The molecule has 0 amide bonds. The highest BCUT2D eigenvalue weighted by Gasteiger charge is 2.05. The van der Waals surface area contributed by atoms with E-state index in [0.717, 1.165) is 4.47 Å². The zero-order valence-corrected chi connectivity index (χ0v) is 9.33. The van der Waals surface area contributed by atoms with Gasteiger partial charge in [0.05, 0.1) is 0 Å². The number of nitrogen functional groups attached to an aromatic ring is 1. The standard InChI is InChI=1S/C11H8BrFN2/c12-8-2-3-10(13)9(5-8)7-1-4-11(14)15-6-7/h1-6H,(H2,14,15). The fourth-order valence-corrected chi connectivity index (χ4v) is 1.64. The smallest absolute Gasteiger partial charge is 0.131 e. The van der Waals surface area contributed by atoms with Crippen molar-refractivity contribution in [2.24, 2.45) is 0 Å². The van der Waals surface area contributed by atoms with Gasteiger partial charge in [0.1, 0.15) is 11.6 Å². The lowest BCUT2D eigenvalue weighted by Crippen LogP contribution is -1.90. The van der Waals surface area contributed by atoms with Gasteiger partial charge in [0.2, 0.25) is 0 Å². The molecule has 0 bridgehead atoms. The van der Waals surface area contributed by atoms with Crippen LogP contribution in [-0.4, -0.2) is 4.98 Å². The van der Waals surface area contributed by atoms with Gasteiger partial charge in [0, 0.05) is 21.8 Å². The van der Waals surface area contributed by atoms with Gasteiger partial charge in [0.25, 0.3) is 0 Å². The molecule has 1 aromatic heterocycles. The van der Waals surface area contributed by atoms with Crippen LogP contribution in [0.3, 0.4) is 0 Å². The van der Waals surface area contributed by atoms with Crippen LogP contribution in [0.5, 0.6) is 0 Å². The molecule has 1 aromatic carbocycles. The summed E-state index contributed by atoms with van der Waals surface area (Å²) >= 11 is 3.30. The number of hydrogen-bond acceptors (Lipinski definition) is 2. The Hall–Kier alpha value is -1.42. The number of aromatic nitrogens is 1. The molecule has 2 nitrogen and oxygen atoms in total. The van der Waals surface area contributed by atoms with Crippen molar-refractivity contribution < 1.29 is 4.39 Å². The van der Waals surface area contributed by atoms with Crippen molar-refractivity contribution in [2.75, 3.05) is 5.73 Å². The van der Waals surface area contributed by atoms with Gasteiger partial charge in [-0.15, -0.1) is 0 Å². The molecule has 0 unspecified atom stereocenters. The van der Waals surface area contributed by atoms with Gasteiger partial charge in [-0.1, -0.05) is 15.9 Å². The third kappa shape index (κ3) is 2.15. The molecular weight excluding hydrogens is 259 g/mol. The summed E-state index contributed by atoms with van der Waals surface area (Å²) in [5.41, 5.74) is 6.68. The summed E-state index contributed by atoms with van der Waals surface area (Å²) in [5, 5.41) is 0. The first-order valence-corrected chi connectivity index (χ1v) is 5.13. The topological polar surface area (TPSA) is 38.9 Å². The minimum atomic E-state index is -0.273. The summed E-state index contributed by atoms with van der Waals surface area (Å²) in [5.74, 6) is 0.152. The van der Waals surface area contributed by atoms with E-state index in [1.807, 2.05) is 0 Å². The number of nitrogens with two attached hydrogens (primary N) is 1. The zero-order valence-electron chi connectivity index (χ0n) is 7.74. The van der Waals surface area contributed by atoms with Crippen molar-refractivity contribution in [1.29, 1.82) is 0 Å². The minimum Gasteiger partial charge on any atom is -0.384 e. The lowest BCUT2D eigenvalue weighted by molar-refractivity contribution is 0.631. The largest absolute Gasteiger partial charge is 0.384 e. The second-order valence-electron chi connectivity index (χ2n) is 3.10. The van der Waals surface area contributed by atoms with Gasteiger partial charge in [-0.3, -0.25) is 0 Å². The van der Waals surface area contributed by atoms with Gasteiger partial charge >= 0.3 is 0 Å². The monoisotopic (exact) mass is 266 g/mol. The molecule has 4 heteroatoms. The van der Waals surface area contributed by atoms with E-state index in [9.17, 15) is 4.39 Å². The molecule has 0 aliphatic heterocycles. The van der Waals surface area contributed by atoms with Gasteiger partial charge in [-0.05, 0) is 30.3 Å². The molecule has 0 spiro atoms. The molecule has 2 N–H and O–H groups in total. The lowest BCUT2D eigenvalue weighted by Gasteiger charge is -2.03. The Bertz CT molecular complexity index is 482. The van der Waals surface area contributed by atoms with Gasteiger partial charge in [0.15, 0.2) is 0 Å². The molecule has 0 radical (unpaired) electrons. The summed E-state index contributed by atoms with van der Waals surface area (Å²) in [6.45, 7) is 0. The summed E-state index contributed by atoms with van der Waals surface area (Å²) in [6.07, 6.45) is 1.56. The van der Waals surface area contributed by atoms with E-state index >= 15 is 0 Å². The fraction of sp³-hybridized carbons (Fsp3) is 0. The first-order chi connectivity index (χ1) is 7.16. The predicted octanol–water partition coefficient (Wildman–Crippen LogP) is 3.23. The molecule has 0 saturated heterocycles. The van der Waals surface area contributed by atoms with Crippen LogP contribution in [0.4, 0.5) is 10.2 Å². The first kappa shape index (κ1) is 10.1. The van der Waals surface area contributed by atoms with Crippen molar-refractivity contribution in [1.82, 2.24) is 4.98 Å². The molecule has 2 rings (SSSR count). The molecule has 0 aliphatic rings. The summed E-state index contributed by atoms with van der Waals surface area (Å²) in [7, 11) is 0. The molecule has 76 valence electrons. The number of halogens is 2. The molecule has 0 fully saturated rings. The van der Waals surface area contributed by atoms with E-state index in [1.54, 1.807) is 30.5 Å². The molecule has 1 heterocycles. The van der Waals surface area contributed by atoms with Crippen molar-refractivity contribution >= 4 is 21.7 Å². The van der Waals surface area contributed by atoms with Crippen molar-refractivity contribution in [3.05, 3.63) is 46.8 Å². The lowest BCUT2D eigenvalue weighted by atomic mass is 10.1. The first-order valence-electron chi connectivity index (χ1n) is 4.34. The highest BCUT2D eigenvalue weighted by molar-refractivity contribution is 9.10. The van der Waals surface area contributed by atoms with Crippen molar-refractivity contribution in [2.45, 2.75) is 0 Å². The maximum absolute atomic E-state index is 13.5. The quantitative estimate of drug-likeness (QED) is 0.861. The van der Waals surface area contributed by atoms with E-state index in [2.05, 4.69) is 20.9 Å². The SMILES string of the molecule is Nc1ccc(-c2cc(Br)ccc2F)cn1. The van der Waals surface area contributed by atoms with E-state index in [0.29, 0.717) is 16.9 Å². The Morgan fingerprint density at radius 2 is 2.00 bits per heavy atom. The summed E-state index contributed by atoms with van der Waals surface area (Å²) < 4.78 is 14.3. The fourth-order valence-electron chi connectivity index (χ4n) is 1.28. The molecule has 15 heavy (non-hydrogen) atoms. The molecular formula is C11H8BrFN2. The Labute approximate surface area is 95.1 Å². The number of hydrogen-bond donors (Lipinski definition) is 1. The van der Waals surface area contributed by atoms with Crippen LogP contribution in [0.25, 0.3) is 11.1 Å². The second-order valence-corrected chi connectivity index (χ2v) is 4.01. The Balaban J connectivity index is 2.53. The second kappa shape index (κ2) is 3.98. The summed E-state index contributed by atoms with van der Waals surface area (Å²) in [4.78, 5) is 3.92. The van der Waals surface area contributed by atoms with Crippen molar-refractivity contribution in [3.63, 3.8) is 0 Å². The minimum absolute atomic E-state index is 0.273. The maximum atomic E-state index is 13.5. The predicted molar refractivity (Wildman–Crippen MR) is 61.7 cm³/mol. The van der Waals surface area contributed by atoms with Crippen LogP contribution in [0.15, 0.2) is 41.0 Å². The third-order valence-corrected chi connectivity index (χ3v) is 2.52. The average Bonchev–Trinajstić information content (AvgIpc) is 2.23. The van der Waals surface area contributed by atoms with Crippen LogP contribution in [-0.2, 0) is 0 Å². The van der Waals surface area contributed by atoms with Crippen LogP contribution in [0.2, 0.25) is 0 Å². The van der Waals surface area contributed by atoms with E-state index in [4.69, 9.17) is 5.73 Å². The number of pyridine rings is 1. The molecule has 0 aliphatic carbocycles. The Morgan fingerprint density at radius 3 is 2.67 bits per heavy atom. The Morgan fingerprint density at radius 1 is 1.20 bits per heavy atom. The zero-order chi connectivity index (χ0) is 10.8. The van der Waals surface area contributed by atoms with E-state index in [1.165, 1.54) is 6.07 Å². The normalized spacial score (nSPS) is 10.3. The van der Waals surface area contributed by atoms with Crippen molar-refractivity contribution in [3.8, 4) is 11.1 Å². The maximum Gasteiger partial charge on any atom is 0.131 e. The molecule has 0 atom stereocenters. The Kier molecular flexibility index (Phi) is 2.68. The van der Waals surface area contributed by atoms with Crippen LogP contribution < -0.4 is 5.73 Å². The van der Waals surface area contributed by atoms with Gasteiger partial charge < -0.3 is 5.73 Å². The van der Waals surface area contributed by atoms with Gasteiger partial charge in [-0.2, -0.15) is 0 Å². The average molecular weight is 267 g/mol. The summed E-state index contributed by atoms with van der Waals surface area (Å²) in [6, 6.07) is 8.17. The molecule has 0 saturated carbocycles. The van der Waals surface area contributed by atoms with E-state index in [-0.39, 0.29) is 5.82 Å². The number of benzene rings is 1.